The number of fused-ring (bicyclic) bond motifs is 1. The monoisotopic (exact) mass is 412 g/mol. The Morgan fingerprint density at radius 2 is 1.70 bits per heavy atom. The maximum atomic E-state index is 12.7. The molecular formula is C20H24N6O4. The highest BCUT2D eigenvalue weighted by atomic mass is 16.5. The number of carbonyl (C=O) groups is 1. The van der Waals surface area contributed by atoms with Gasteiger partial charge in [-0.15, -0.1) is 0 Å². The molecule has 3 rings (SSSR count). The van der Waals surface area contributed by atoms with Gasteiger partial charge in [-0.1, -0.05) is 0 Å². The number of nitrogens with two attached hydrogens (primary N) is 2. The first-order chi connectivity index (χ1) is 14.5. The van der Waals surface area contributed by atoms with E-state index in [4.69, 9.17) is 25.7 Å². The standard InChI is InChI=1S/C20H24N6O4/c1-28-15-5-12(6-16(29-2)18(15)30-3)20(27)24-10-11-4-13-14(7-21)25-17(8-22)26-19(13)23-9-11/h4-6,9H,7-8,10,21-22H2,1-3H3,(H,24,27). The number of methoxy groups -OCH3 is 3. The average molecular weight is 412 g/mol. The Bertz CT molecular complexity index is 1050. The first kappa shape index (κ1) is 21.2. The van der Waals surface area contributed by atoms with Crippen LogP contribution in [0.1, 0.15) is 27.4 Å². The molecule has 1 aromatic carbocycles. The third-order valence-corrected chi connectivity index (χ3v) is 4.49. The van der Waals surface area contributed by atoms with E-state index in [1.807, 2.05) is 6.07 Å². The lowest BCUT2D eigenvalue weighted by Gasteiger charge is -2.14. The summed E-state index contributed by atoms with van der Waals surface area (Å²) in [5.74, 6) is 1.40. The van der Waals surface area contributed by atoms with Gasteiger partial charge < -0.3 is 31.0 Å². The van der Waals surface area contributed by atoms with Crippen LogP contribution in [0.5, 0.6) is 17.2 Å². The summed E-state index contributed by atoms with van der Waals surface area (Å²) >= 11 is 0. The first-order valence-corrected chi connectivity index (χ1v) is 9.17. The van der Waals surface area contributed by atoms with Crippen molar-refractivity contribution in [1.82, 2.24) is 20.3 Å². The maximum Gasteiger partial charge on any atom is 0.251 e. The van der Waals surface area contributed by atoms with Crippen LogP contribution in [0.2, 0.25) is 0 Å². The summed E-state index contributed by atoms with van der Waals surface area (Å²) in [6, 6.07) is 5.04. The SMILES string of the molecule is COc1cc(C(=O)NCc2cnc3nc(CN)nc(CN)c3c2)cc(OC)c1OC. The molecule has 0 aliphatic carbocycles. The van der Waals surface area contributed by atoms with Gasteiger partial charge in [-0.25, -0.2) is 15.0 Å². The Hall–Kier alpha value is -3.50. The zero-order valence-corrected chi connectivity index (χ0v) is 17.1. The van der Waals surface area contributed by atoms with E-state index >= 15 is 0 Å². The van der Waals surface area contributed by atoms with Gasteiger partial charge in [-0.3, -0.25) is 4.79 Å². The molecule has 10 heteroatoms. The van der Waals surface area contributed by atoms with E-state index in [2.05, 4.69) is 20.3 Å². The number of carbonyl (C=O) groups excluding carboxylic acids is 1. The van der Waals surface area contributed by atoms with Gasteiger partial charge in [0.25, 0.3) is 5.91 Å². The van der Waals surface area contributed by atoms with Gasteiger partial charge in [0.05, 0.1) is 33.6 Å². The summed E-state index contributed by atoms with van der Waals surface area (Å²) in [4.78, 5) is 25.7. The molecular weight excluding hydrogens is 388 g/mol. The van der Waals surface area contributed by atoms with E-state index in [9.17, 15) is 4.79 Å². The number of rotatable bonds is 8. The predicted molar refractivity (Wildman–Crippen MR) is 110 cm³/mol. The molecule has 30 heavy (non-hydrogen) atoms. The van der Waals surface area contributed by atoms with E-state index in [0.29, 0.717) is 40.0 Å². The number of pyridine rings is 1. The van der Waals surface area contributed by atoms with Crippen LogP contribution in [0.3, 0.4) is 0 Å². The van der Waals surface area contributed by atoms with Crippen molar-refractivity contribution in [3.8, 4) is 17.2 Å². The van der Waals surface area contributed by atoms with Crippen molar-refractivity contribution in [3.63, 3.8) is 0 Å². The molecule has 5 N–H and O–H groups in total. The molecule has 1 amide bonds. The van der Waals surface area contributed by atoms with E-state index in [-0.39, 0.29) is 25.5 Å². The molecule has 0 bridgehead atoms. The van der Waals surface area contributed by atoms with Crippen LogP contribution in [-0.2, 0) is 19.6 Å². The molecule has 2 heterocycles. The topological polar surface area (TPSA) is 147 Å². The van der Waals surface area contributed by atoms with Gasteiger partial charge in [-0.05, 0) is 23.8 Å². The lowest BCUT2D eigenvalue weighted by molar-refractivity contribution is 0.0950. The summed E-state index contributed by atoms with van der Waals surface area (Å²) in [7, 11) is 4.49. The lowest BCUT2D eigenvalue weighted by Crippen LogP contribution is -2.23. The molecule has 158 valence electrons. The summed E-state index contributed by atoms with van der Waals surface area (Å²) < 4.78 is 15.9. The van der Waals surface area contributed by atoms with E-state index in [1.54, 1.807) is 18.3 Å². The predicted octanol–water partition coefficient (Wildman–Crippen LogP) is 0.898. The average Bonchev–Trinajstić information content (AvgIpc) is 2.80. The second-order valence-corrected chi connectivity index (χ2v) is 6.31. The van der Waals surface area contributed by atoms with E-state index in [1.165, 1.54) is 21.3 Å². The Morgan fingerprint density at radius 3 is 2.27 bits per heavy atom. The van der Waals surface area contributed by atoms with Crippen molar-refractivity contribution < 1.29 is 19.0 Å². The third kappa shape index (κ3) is 4.24. The van der Waals surface area contributed by atoms with Gasteiger partial charge in [0, 0.05) is 30.2 Å². The minimum absolute atomic E-state index is 0.206. The zero-order valence-electron chi connectivity index (χ0n) is 17.1. The molecule has 0 aliphatic rings. The van der Waals surface area contributed by atoms with Gasteiger partial charge >= 0.3 is 0 Å². The third-order valence-electron chi connectivity index (χ3n) is 4.49. The van der Waals surface area contributed by atoms with Crippen LogP contribution in [0, 0.1) is 0 Å². The number of aromatic nitrogens is 3. The molecule has 3 aromatic rings. The van der Waals surface area contributed by atoms with Gasteiger partial charge in [0.15, 0.2) is 17.1 Å². The Balaban J connectivity index is 1.83. The van der Waals surface area contributed by atoms with Crippen LogP contribution in [-0.4, -0.2) is 42.2 Å². The second kappa shape index (κ2) is 9.33. The van der Waals surface area contributed by atoms with Gasteiger partial charge in [0.1, 0.15) is 5.82 Å². The minimum Gasteiger partial charge on any atom is -0.493 e. The Morgan fingerprint density at radius 1 is 1.00 bits per heavy atom. The molecule has 10 nitrogen and oxygen atoms in total. The number of benzene rings is 1. The van der Waals surface area contributed by atoms with Gasteiger partial charge in [-0.2, -0.15) is 0 Å². The molecule has 0 saturated heterocycles. The highest BCUT2D eigenvalue weighted by Crippen LogP contribution is 2.38. The Labute approximate surface area is 173 Å². The molecule has 0 unspecified atom stereocenters. The van der Waals surface area contributed by atoms with Crippen molar-refractivity contribution in [2.24, 2.45) is 11.5 Å². The molecule has 0 fully saturated rings. The number of nitrogens with zero attached hydrogens (tertiary/aromatic N) is 3. The lowest BCUT2D eigenvalue weighted by atomic mass is 10.1. The van der Waals surface area contributed by atoms with Crippen LogP contribution in [0.4, 0.5) is 0 Å². The number of hydrogen-bond donors (Lipinski definition) is 3. The number of amides is 1. The van der Waals surface area contributed by atoms with Crippen molar-refractivity contribution in [2.75, 3.05) is 21.3 Å². The highest BCUT2D eigenvalue weighted by Gasteiger charge is 2.17. The summed E-state index contributed by atoms with van der Waals surface area (Å²) in [5, 5.41) is 3.59. The van der Waals surface area contributed by atoms with E-state index < -0.39 is 0 Å². The van der Waals surface area contributed by atoms with Crippen LogP contribution >= 0.6 is 0 Å². The van der Waals surface area contributed by atoms with Gasteiger partial charge in [0.2, 0.25) is 5.75 Å². The van der Waals surface area contributed by atoms with Crippen molar-refractivity contribution in [1.29, 1.82) is 0 Å². The molecule has 0 radical (unpaired) electrons. The smallest absolute Gasteiger partial charge is 0.251 e. The minimum atomic E-state index is -0.303. The van der Waals surface area contributed by atoms with Crippen molar-refractivity contribution in [3.05, 3.63) is 47.0 Å². The van der Waals surface area contributed by atoms with Crippen LogP contribution < -0.4 is 31.0 Å². The second-order valence-electron chi connectivity index (χ2n) is 6.31. The largest absolute Gasteiger partial charge is 0.493 e. The molecule has 0 spiro atoms. The quantitative estimate of drug-likeness (QED) is 0.491. The number of hydrogen-bond acceptors (Lipinski definition) is 9. The fourth-order valence-electron chi connectivity index (χ4n) is 3.01. The zero-order chi connectivity index (χ0) is 21.7. The summed E-state index contributed by atoms with van der Waals surface area (Å²) in [5.41, 5.74) is 13.8. The van der Waals surface area contributed by atoms with Crippen LogP contribution in [0.25, 0.3) is 11.0 Å². The highest BCUT2D eigenvalue weighted by molar-refractivity contribution is 5.95. The fraction of sp³-hybridized carbons (Fsp3) is 0.300. The molecule has 0 saturated carbocycles. The van der Waals surface area contributed by atoms with E-state index in [0.717, 1.165) is 10.9 Å². The number of ether oxygens (including phenoxy) is 3. The number of nitrogens with one attached hydrogen (secondary N) is 1. The summed E-state index contributed by atoms with van der Waals surface area (Å²) in [6.45, 7) is 0.688. The molecule has 0 atom stereocenters. The maximum absolute atomic E-state index is 12.7. The Kier molecular flexibility index (Phi) is 6.60. The van der Waals surface area contributed by atoms with Crippen molar-refractivity contribution in [2.45, 2.75) is 19.6 Å². The summed E-state index contributed by atoms with van der Waals surface area (Å²) in [6.07, 6.45) is 1.64. The van der Waals surface area contributed by atoms with Crippen molar-refractivity contribution >= 4 is 16.9 Å². The van der Waals surface area contributed by atoms with Crippen LogP contribution in [0.15, 0.2) is 24.4 Å². The fourth-order valence-corrected chi connectivity index (χ4v) is 3.01. The molecule has 0 aliphatic heterocycles. The normalized spacial score (nSPS) is 10.7. The molecule has 2 aromatic heterocycles. The first-order valence-electron chi connectivity index (χ1n) is 9.17.